The second kappa shape index (κ2) is 5.82. The number of hydrogen-bond acceptors (Lipinski definition) is 2. The van der Waals surface area contributed by atoms with E-state index < -0.39 is 0 Å². The molecule has 0 aliphatic rings. The van der Waals surface area contributed by atoms with Gasteiger partial charge >= 0.3 is 0 Å². The first kappa shape index (κ1) is 12.1. The minimum Gasteiger partial charge on any atom is -0.308 e. The molecular formula is C12H11BrClNS. The molecule has 16 heavy (non-hydrogen) atoms. The van der Waals surface area contributed by atoms with Crippen molar-refractivity contribution in [2.24, 2.45) is 0 Å². The predicted molar refractivity (Wildman–Crippen MR) is 74.0 cm³/mol. The molecule has 4 heteroatoms. The van der Waals surface area contributed by atoms with Gasteiger partial charge in [-0.2, -0.15) is 0 Å². The van der Waals surface area contributed by atoms with Crippen LogP contribution in [-0.2, 0) is 13.1 Å². The third-order valence-corrected chi connectivity index (χ3v) is 4.44. The molecule has 1 heterocycles. The molecule has 0 radical (unpaired) electrons. The summed E-state index contributed by atoms with van der Waals surface area (Å²) >= 11 is 11.3. The van der Waals surface area contributed by atoms with Crippen molar-refractivity contribution in [1.29, 1.82) is 0 Å². The quantitative estimate of drug-likeness (QED) is 0.878. The van der Waals surface area contributed by atoms with Crippen LogP contribution in [0, 0.1) is 0 Å². The zero-order valence-corrected chi connectivity index (χ0v) is 11.7. The van der Waals surface area contributed by atoms with E-state index in [-0.39, 0.29) is 0 Å². The molecule has 0 saturated heterocycles. The normalized spacial score (nSPS) is 10.6. The number of rotatable bonds is 4. The van der Waals surface area contributed by atoms with Gasteiger partial charge in [-0.3, -0.25) is 0 Å². The smallest absolute Gasteiger partial charge is 0.0592 e. The lowest BCUT2D eigenvalue weighted by Gasteiger charge is -2.06. The maximum Gasteiger partial charge on any atom is 0.0592 e. The highest BCUT2D eigenvalue weighted by Gasteiger charge is 2.03. The predicted octanol–water partition coefficient (Wildman–Crippen LogP) is 4.45. The maximum atomic E-state index is 6.17. The number of nitrogens with one attached hydrogen (secondary N) is 1. The topological polar surface area (TPSA) is 12.0 Å². The van der Waals surface area contributed by atoms with Crippen molar-refractivity contribution in [1.82, 2.24) is 5.32 Å². The molecule has 0 unspecified atom stereocenters. The first-order chi connectivity index (χ1) is 7.77. The van der Waals surface area contributed by atoms with Crippen molar-refractivity contribution in [3.63, 3.8) is 0 Å². The van der Waals surface area contributed by atoms with Crippen molar-refractivity contribution in [3.8, 4) is 0 Å². The van der Waals surface area contributed by atoms with Crippen molar-refractivity contribution in [2.75, 3.05) is 0 Å². The van der Waals surface area contributed by atoms with Gasteiger partial charge in [0.15, 0.2) is 0 Å². The van der Waals surface area contributed by atoms with Crippen molar-refractivity contribution in [2.45, 2.75) is 13.1 Å². The molecule has 0 spiro atoms. The van der Waals surface area contributed by atoms with Gasteiger partial charge < -0.3 is 5.32 Å². The summed E-state index contributed by atoms with van der Waals surface area (Å²) in [5, 5.41) is 6.26. The lowest BCUT2D eigenvalue weighted by atomic mass is 10.2. The van der Waals surface area contributed by atoms with Crippen LogP contribution in [0.5, 0.6) is 0 Å². The Bertz CT molecular complexity index is 456. The third-order valence-electron chi connectivity index (χ3n) is 2.23. The molecule has 84 valence electrons. The number of benzene rings is 1. The maximum absolute atomic E-state index is 6.17. The van der Waals surface area contributed by atoms with Crippen LogP contribution >= 0.6 is 38.9 Å². The second-order valence-electron chi connectivity index (χ2n) is 3.40. The van der Waals surface area contributed by atoms with Crippen molar-refractivity contribution in [3.05, 3.63) is 55.6 Å². The van der Waals surface area contributed by atoms with Gasteiger partial charge in [0, 0.05) is 22.4 Å². The fourth-order valence-corrected chi connectivity index (χ4v) is 2.69. The minimum absolute atomic E-state index is 0.788. The zero-order valence-electron chi connectivity index (χ0n) is 8.54. The summed E-state index contributed by atoms with van der Waals surface area (Å²) in [6, 6.07) is 10.2. The summed E-state index contributed by atoms with van der Waals surface area (Å²) in [6.45, 7) is 1.68. The van der Waals surface area contributed by atoms with Gasteiger partial charge in [0.2, 0.25) is 0 Å². The summed E-state index contributed by atoms with van der Waals surface area (Å²) in [7, 11) is 0. The van der Waals surface area contributed by atoms with Gasteiger partial charge in [0.1, 0.15) is 0 Å². The summed E-state index contributed by atoms with van der Waals surface area (Å²) in [4.78, 5) is 1.34. The van der Waals surface area contributed by atoms with Crippen LogP contribution in [0.2, 0.25) is 5.02 Å². The van der Waals surface area contributed by atoms with Gasteiger partial charge in [-0.15, -0.1) is 11.3 Å². The highest BCUT2D eigenvalue weighted by atomic mass is 79.9. The molecule has 0 amide bonds. The lowest BCUT2D eigenvalue weighted by molar-refractivity contribution is 0.701. The van der Waals surface area contributed by atoms with E-state index in [4.69, 9.17) is 11.6 Å². The molecular weight excluding hydrogens is 306 g/mol. The monoisotopic (exact) mass is 315 g/mol. The Hall–Kier alpha value is -0.350. The average molecular weight is 317 g/mol. The summed E-state index contributed by atoms with van der Waals surface area (Å²) in [5.41, 5.74) is 1.12. The number of halogens is 2. The van der Waals surface area contributed by atoms with E-state index in [0.29, 0.717) is 0 Å². The Morgan fingerprint density at radius 2 is 2.06 bits per heavy atom. The van der Waals surface area contributed by atoms with E-state index in [0.717, 1.165) is 28.1 Å². The standard InChI is InChI=1S/C12H11BrClNS/c13-11-5-1-3-9(12(11)14)7-15-8-10-4-2-6-16-10/h1-6,15H,7-8H2. The summed E-state index contributed by atoms with van der Waals surface area (Å²) < 4.78 is 0.949. The molecule has 2 aromatic rings. The van der Waals surface area contributed by atoms with Crippen LogP contribution in [0.15, 0.2) is 40.2 Å². The van der Waals surface area contributed by atoms with Crippen LogP contribution in [0.1, 0.15) is 10.4 Å². The van der Waals surface area contributed by atoms with Crippen LogP contribution in [0.4, 0.5) is 0 Å². The van der Waals surface area contributed by atoms with E-state index in [1.165, 1.54) is 4.88 Å². The Labute approximate surface area is 113 Å². The van der Waals surface area contributed by atoms with Crippen molar-refractivity contribution >= 4 is 38.9 Å². The molecule has 0 bridgehead atoms. The first-order valence-corrected chi connectivity index (χ1v) is 6.98. The molecule has 1 aromatic heterocycles. The zero-order chi connectivity index (χ0) is 11.4. The summed E-state index contributed by atoms with van der Waals surface area (Å²) in [6.07, 6.45) is 0. The number of hydrogen-bond donors (Lipinski definition) is 1. The van der Waals surface area contributed by atoms with Crippen LogP contribution in [0.3, 0.4) is 0 Å². The Kier molecular flexibility index (Phi) is 4.41. The van der Waals surface area contributed by atoms with E-state index in [2.05, 4.69) is 38.8 Å². The first-order valence-electron chi connectivity index (χ1n) is 4.93. The minimum atomic E-state index is 0.788. The van der Waals surface area contributed by atoms with Gasteiger partial charge in [0.05, 0.1) is 5.02 Å². The SMILES string of the molecule is Clc1c(Br)cccc1CNCc1cccs1. The molecule has 1 nitrogen and oxygen atoms in total. The van der Waals surface area contributed by atoms with Crippen molar-refractivity contribution < 1.29 is 0 Å². The average Bonchev–Trinajstić information content (AvgIpc) is 2.77. The molecule has 2 rings (SSSR count). The molecule has 0 fully saturated rings. The van der Waals surface area contributed by atoms with E-state index in [9.17, 15) is 0 Å². The molecule has 1 aromatic carbocycles. The highest BCUT2D eigenvalue weighted by molar-refractivity contribution is 9.10. The van der Waals surface area contributed by atoms with Gasteiger partial charge in [-0.1, -0.05) is 29.8 Å². The lowest BCUT2D eigenvalue weighted by Crippen LogP contribution is -2.12. The van der Waals surface area contributed by atoms with E-state index >= 15 is 0 Å². The summed E-state index contributed by atoms with van der Waals surface area (Å²) in [5.74, 6) is 0. The van der Waals surface area contributed by atoms with Gasteiger partial charge in [0.25, 0.3) is 0 Å². The van der Waals surface area contributed by atoms with Crippen LogP contribution in [0.25, 0.3) is 0 Å². The van der Waals surface area contributed by atoms with E-state index in [1.807, 2.05) is 18.2 Å². The van der Waals surface area contributed by atoms with Gasteiger partial charge in [-0.25, -0.2) is 0 Å². The Balaban J connectivity index is 1.92. The molecule has 0 saturated carbocycles. The largest absolute Gasteiger partial charge is 0.308 e. The fraction of sp³-hybridized carbons (Fsp3) is 0.167. The Morgan fingerprint density at radius 3 is 2.81 bits per heavy atom. The molecule has 0 aliphatic carbocycles. The van der Waals surface area contributed by atoms with Crippen LogP contribution < -0.4 is 5.32 Å². The Morgan fingerprint density at radius 1 is 1.19 bits per heavy atom. The third kappa shape index (κ3) is 3.08. The number of thiophene rings is 1. The fourth-order valence-electron chi connectivity index (χ4n) is 1.42. The highest BCUT2D eigenvalue weighted by Crippen LogP contribution is 2.25. The second-order valence-corrected chi connectivity index (χ2v) is 5.66. The van der Waals surface area contributed by atoms with Crippen LogP contribution in [-0.4, -0.2) is 0 Å². The molecule has 0 atom stereocenters. The van der Waals surface area contributed by atoms with Gasteiger partial charge in [-0.05, 0) is 39.0 Å². The molecule has 1 N–H and O–H groups in total. The molecule has 0 aliphatic heterocycles. The van der Waals surface area contributed by atoms with E-state index in [1.54, 1.807) is 11.3 Å².